The highest BCUT2D eigenvalue weighted by Gasteiger charge is 2.29. The second kappa shape index (κ2) is 18.0. The number of benzene rings is 3. The minimum atomic E-state index is -0.373. The van der Waals surface area contributed by atoms with E-state index in [0.29, 0.717) is 34.8 Å². The summed E-state index contributed by atoms with van der Waals surface area (Å²) in [6.07, 6.45) is 13.9. The Kier molecular flexibility index (Phi) is 13.2. The molecule has 3 heterocycles. The zero-order chi connectivity index (χ0) is 36.3. The van der Waals surface area contributed by atoms with Crippen molar-refractivity contribution in [2.24, 2.45) is 0 Å². The van der Waals surface area contributed by atoms with Crippen LogP contribution in [0.5, 0.6) is 0 Å². The molecule has 3 aliphatic heterocycles. The van der Waals surface area contributed by atoms with E-state index in [9.17, 15) is 4.39 Å². The van der Waals surface area contributed by atoms with Crippen LogP contribution in [0.1, 0.15) is 80.9 Å². The lowest BCUT2D eigenvalue weighted by molar-refractivity contribution is 0.132. The van der Waals surface area contributed by atoms with Crippen molar-refractivity contribution in [1.29, 1.82) is 10.8 Å². The number of anilines is 2. The van der Waals surface area contributed by atoms with E-state index in [2.05, 4.69) is 76.8 Å². The first-order valence-corrected chi connectivity index (χ1v) is 18.6. The van der Waals surface area contributed by atoms with Crippen molar-refractivity contribution in [3.05, 3.63) is 144 Å². The highest BCUT2D eigenvalue weighted by molar-refractivity contribution is 6.18. The molecule has 0 saturated carbocycles. The van der Waals surface area contributed by atoms with Gasteiger partial charge in [0, 0.05) is 60.9 Å². The molecule has 0 bridgehead atoms. The number of hydrogen-bond acceptors (Lipinski definition) is 6. The third kappa shape index (κ3) is 9.14. The van der Waals surface area contributed by atoms with E-state index in [1.54, 1.807) is 24.3 Å². The third-order valence-corrected chi connectivity index (χ3v) is 10.6. The van der Waals surface area contributed by atoms with Gasteiger partial charge in [0.05, 0.1) is 17.1 Å². The number of nitrogens with zero attached hydrogens (tertiary/aromatic N) is 3. The summed E-state index contributed by atoms with van der Waals surface area (Å²) in [4.78, 5) is 7.21. The molecule has 3 N–H and O–H groups in total. The fraction of sp³-hybridized carbons (Fsp3) is 0.364. The largest absolute Gasteiger partial charge is 0.391 e. The van der Waals surface area contributed by atoms with Gasteiger partial charge in [-0.05, 0) is 117 Å². The zero-order valence-corrected chi connectivity index (χ0v) is 30.7. The topological polar surface area (TPSA) is 69.5 Å². The maximum Gasteiger partial charge on any atom is 0.123 e. The van der Waals surface area contributed by atoms with E-state index >= 15 is 0 Å². The van der Waals surface area contributed by atoms with Crippen LogP contribution in [0.25, 0.3) is 0 Å². The molecule has 51 heavy (non-hydrogen) atoms. The number of likely N-dealkylation sites (tertiary alicyclic amines) is 1. The van der Waals surface area contributed by atoms with Gasteiger partial charge in [0.25, 0.3) is 0 Å². The van der Waals surface area contributed by atoms with Gasteiger partial charge >= 0.3 is 0 Å². The molecule has 0 aliphatic carbocycles. The maximum absolute atomic E-state index is 13.7. The average Bonchev–Trinajstić information content (AvgIpc) is 3.55. The molecule has 0 radical (unpaired) electrons. The fourth-order valence-electron chi connectivity index (χ4n) is 7.61. The molecule has 7 heteroatoms. The predicted molar refractivity (Wildman–Crippen MR) is 214 cm³/mol. The number of likely N-dealkylation sites (N-methyl/N-ethyl adjacent to an activating group) is 1. The molecule has 2 fully saturated rings. The molecule has 3 aromatic rings. The van der Waals surface area contributed by atoms with E-state index in [1.807, 2.05) is 38.1 Å². The number of allylic oxidation sites excluding steroid dienone is 4. The van der Waals surface area contributed by atoms with Crippen LogP contribution in [0.3, 0.4) is 0 Å². The van der Waals surface area contributed by atoms with Gasteiger partial charge in [-0.25, -0.2) is 4.39 Å². The van der Waals surface area contributed by atoms with E-state index in [4.69, 9.17) is 10.8 Å². The summed E-state index contributed by atoms with van der Waals surface area (Å²) in [5.74, 6) is 0.469. The number of nitrogens with one attached hydrogen (secondary N) is 3. The predicted octanol–water partition coefficient (Wildman–Crippen LogP) is 9.79. The number of halogens is 1. The minimum absolute atomic E-state index is 0.177. The molecule has 0 aromatic heterocycles. The lowest BCUT2D eigenvalue weighted by Crippen LogP contribution is -2.47. The first-order valence-electron chi connectivity index (χ1n) is 18.6. The zero-order valence-electron chi connectivity index (χ0n) is 30.7. The molecule has 6 nitrogen and oxygen atoms in total. The van der Waals surface area contributed by atoms with Crippen LogP contribution in [-0.2, 0) is 0 Å². The second-order valence-corrected chi connectivity index (χ2v) is 13.5. The van der Waals surface area contributed by atoms with Gasteiger partial charge in [0.15, 0.2) is 0 Å². The molecule has 3 aromatic carbocycles. The van der Waals surface area contributed by atoms with Gasteiger partial charge in [0.1, 0.15) is 5.82 Å². The van der Waals surface area contributed by atoms with Gasteiger partial charge in [-0.2, -0.15) is 0 Å². The fourth-order valence-corrected chi connectivity index (χ4v) is 7.61. The van der Waals surface area contributed by atoms with E-state index in [1.165, 1.54) is 41.8 Å². The summed E-state index contributed by atoms with van der Waals surface area (Å²) in [6.45, 7) is 16.6. The Labute approximate surface area is 305 Å². The molecule has 1 atom stereocenters. The Balaban J connectivity index is 0.00000248. The number of piperidine rings is 2. The lowest BCUT2D eigenvalue weighted by Gasteiger charge is -2.42. The highest BCUT2D eigenvalue weighted by atomic mass is 19.1. The van der Waals surface area contributed by atoms with E-state index in [-0.39, 0.29) is 11.5 Å². The Hall–Kier alpha value is -4.75. The van der Waals surface area contributed by atoms with Crippen LogP contribution < -0.4 is 15.1 Å². The first-order chi connectivity index (χ1) is 24.8. The van der Waals surface area contributed by atoms with Crippen LogP contribution >= 0.6 is 0 Å². The van der Waals surface area contributed by atoms with Crippen molar-refractivity contribution >= 4 is 22.8 Å². The van der Waals surface area contributed by atoms with Crippen LogP contribution in [0.15, 0.2) is 122 Å². The Morgan fingerprint density at radius 1 is 0.941 bits per heavy atom. The SMILES string of the molecule is C=CCCC(C(=C)NC)c1ccc(N2CCC(N3CCC(c4ccc(N5C=CC(=N)/C5=C\C(=N)c5cccc(F)c5)cc4)CC3)CC2)cc1.CC. The monoisotopic (exact) mass is 686 g/mol. The van der Waals surface area contributed by atoms with Crippen molar-refractivity contribution in [3.63, 3.8) is 0 Å². The summed E-state index contributed by atoms with van der Waals surface area (Å²) in [7, 11) is 1.95. The third-order valence-electron chi connectivity index (χ3n) is 10.6. The standard InChI is InChI=1S/C42H49FN6.C2H6/c1-4-5-9-39(30(2)46-3)33-12-14-36(15-13-33)48-25-20-37(21-26-48)47-23-18-32(19-24-47)31-10-16-38(17-11-31)49-27-22-40(44)42(49)29-41(45)34-7-6-8-35(43)28-34;1-2/h4,6-8,10-17,22,27-29,32,37,39,44-46H,1-2,5,9,18-21,23-26H2,3H3;1-2H3/b42-29+,44-40?,45-41?;. The normalized spacial score (nSPS) is 18.4. The highest BCUT2D eigenvalue weighted by Crippen LogP contribution is 2.34. The first kappa shape index (κ1) is 37.5. The van der Waals surface area contributed by atoms with Crippen LogP contribution in [-0.4, -0.2) is 55.6 Å². The molecule has 268 valence electrons. The van der Waals surface area contributed by atoms with E-state index < -0.39 is 0 Å². The quantitative estimate of drug-likeness (QED) is 0.131. The van der Waals surface area contributed by atoms with Crippen LogP contribution in [0.2, 0.25) is 0 Å². The van der Waals surface area contributed by atoms with Crippen LogP contribution in [0, 0.1) is 16.6 Å². The number of hydrogen-bond donors (Lipinski definition) is 3. The van der Waals surface area contributed by atoms with Crippen molar-refractivity contribution in [1.82, 2.24) is 10.2 Å². The van der Waals surface area contributed by atoms with Crippen molar-refractivity contribution in [2.45, 2.75) is 70.3 Å². The summed E-state index contributed by atoms with van der Waals surface area (Å²) in [5, 5.41) is 20.2. The molecular weight excluding hydrogens is 632 g/mol. The second-order valence-electron chi connectivity index (χ2n) is 13.5. The lowest BCUT2D eigenvalue weighted by atomic mass is 9.87. The van der Waals surface area contributed by atoms with Crippen LogP contribution in [0.4, 0.5) is 15.8 Å². The van der Waals surface area contributed by atoms with E-state index in [0.717, 1.165) is 63.2 Å². The maximum atomic E-state index is 13.7. The van der Waals surface area contributed by atoms with Gasteiger partial charge in [-0.15, -0.1) is 6.58 Å². The molecule has 0 amide bonds. The van der Waals surface area contributed by atoms with Gasteiger partial charge < -0.3 is 25.4 Å². The summed E-state index contributed by atoms with van der Waals surface area (Å²) in [5.41, 5.74) is 7.62. The number of rotatable bonds is 12. The Morgan fingerprint density at radius 3 is 2.24 bits per heavy atom. The Bertz CT molecular complexity index is 1710. The van der Waals surface area contributed by atoms with Crippen molar-refractivity contribution in [3.8, 4) is 0 Å². The average molecular weight is 687 g/mol. The summed E-state index contributed by atoms with van der Waals surface area (Å²) in [6, 6.07) is 24.5. The van der Waals surface area contributed by atoms with Crippen molar-refractivity contribution < 1.29 is 4.39 Å². The molecular formula is C44H55FN6. The molecule has 1 unspecified atom stereocenters. The minimum Gasteiger partial charge on any atom is -0.391 e. The molecule has 0 spiro atoms. The summed E-state index contributed by atoms with van der Waals surface area (Å²) < 4.78 is 13.7. The van der Waals surface area contributed by atoms with Crippen molar-refractivity contribution in [2.75, 3.05) is 43.0 Å². The molecule has 2 saturated heterocycles. The van der Waals surface area contributed by atoms with Gasteiger partial charge in [-0.3, -0.25) is 5.41 Å². The Morgan fingerprint density at radius 2 is 1.61 bits per heavy atom. The molecule has 3 aliphatic rings. The molecule has 6 rings (SSSR count). The summed E-state index contributed by atoms with van der Waals surface area (Å²) >= 11 is 0. The smallest absolute Gasteiger partial charge is 0.123 e. The van der Waals surface area contributed by atoms with Gasteiger partial charge in [-0.1, -0.05) is 62.9 Å². The van der Waals surface area contributed by atoms with Gasteiger partial charge in [0.2, 0.25) is 0 Å².